The Kier molecular flexibility index (Phi) is 3.61. The zero-order chi connectivity index (χ0) is 16.4. The summed E-state index contributed by atoms with van der Waals surface area (Å²) >= 11 is 0. The van der Waals surface area contributed by atoms with Crippen LogP contribution in [0.15, 0.2) is 43.1 Å². The Labute approximate surface area is 128 Å². The van der Waals surface area contributed by atoms with E-state index in [0.717, 1.165) is 12.3 Å². The number of nitrogens with zero attached hydrogens (tertiary/aromatic N) is 5. The largest absolute Gasteiger partial charge is 0.417 e. The standard InChI is InChI=1S/C14H9F3N6/c15-14(16,17)10-3-9(4-19-6-10)11-7-20-13(23-12(11)18)8-1-2-21-22-5-8/h1-7H,(H2,18,20,23). The quantitative estimate of drug-likeness (QED) is 0.781. The molecule has 0 saturated carbocycles. The van der Waals surface area contributed by atoms with Crippen LogP contribution in [0.3, 0.4) is 0 Å². The molecule has 0 spiro atoms. The number of anilines is 1. The highest BCUT2D eigenvalue weighted by Gasteiger charge is 2.31. The van der Waals surface area contributed by atoms with Crippen molar-refractivity contribution in [3.05, 3.63) is 48.7 Å². The first-order valence-corrected chi connectivity index (χ1v) is 6.37. The number of hydrogen-bond donors (Lipinski definition) is 1. The van der Waals surface area contributed by atoms with E-state index < -0.39 is 11.7 Å². The van der Waals surface area contributed by atoms with E-state index in [4.69, 9.17) is 5.73 Å². The van der Waals surface area contributed by atoms with Crippen molar-refractivity contribution in [2.24, 2.45) is 0 Å². The summed E-state index contributed by atoms with van der Waals surface area (Å²) in [5.74, 6) is 0.356. The van der Waals surface area contributed by atoms with Crippen molar-refractivity contribution in [3.63, 3.8) is 0 Å². The van der Waals surface area contributed by atoms with Gasteiger partial charge in [-0.2, -0.15) is 23.4 Å². The van der Waals surface area contributed by atoms with Gasteiger partial charge in [0.25, 0.3) is 0 Å². The summed E-state index contributed by atoms with van der Waals surface area (Å²) in [5, 5.41) is 7.34. The average molecular weight is 318 g/mol. The minimum atomic E-state index is -4.48. The summed E-state index contributed by atoms with van der Waals surface area (Å²) in [6.45, 7) is 0. The number of aromatic nitrogens is 5. The molecule has 0 aliphatic rings. The first-order chi connectivity index (χ1) is 10.9. The van der Waals surface area contributed by atoms with Gasteiger partial charge in [0.05, 0.1) is 18.0 Å². The Morgan fingerprint density at radius 3 is 2.43 bits per heavy atom. The predicted molar refractivity (Wildman–Crippen MR) is 75.7 cm³/mol. The normalized spacial score (nSPS) is 11.4. The maximum absolute atomic E-state index is 12.8. The fourth-order valence-corrected chi connectivity index (χ4v) is 1.92. The molecule has 0 aliphatic heterocycles. The van der Waals surface area contributed by atoms with Gasteiger partial charge in [0, 0.05) is 35.3 Å². The van der Waals surface area contributed by atoms with Crippen LogP contribution in [-0.4, -0.2) is 25.1 Å². The Balaban J connectivity index is 2.02. The zero-order valence-electron chi connectivity index (χ0n) is 11.5. The lowest BCUT2D eigenvalue weighted by Gasteiger charge is -2.10. The van der Waals surface area contributed by atoms with Crippen molar-refractivity contribution in [1.82, 2.24) is 25.1 Å². The van der Waals surface area contributed by atoms with E-state index in [2.05, 4.69) is 25.1 Å². The molecule has 0 fully saturated rings. The SMILES string of the molecule is Nc1nc(-c2ccnnc2)ncc1-c1cncc(C(F)(F)F)c1. The first-order valence-electron chi connectivity index (χ1n) is 6.37. The molecular formula is C14H9F3N6. The molecule has 0 aliphatic carbocycles. The van der Waals surface area contributed by atoms with Crippen molar-refractivity contribution >= 4 is 5.82 Å². The van der Waals surface area contributed by atoms with E-state index in [1.54, 1.807) is 6.07 Å². The van der Waals surface area contributed by atoms with E-state index in [-0.39, 0.29) is 16.9 Å². The van der Waals surface area contributed by atoms with E-state index in [0.29, 0.717) is 11.4 Å². The second-order valence-electron chi connectivity index (χ2n) is 4.58. The van der Waals surface area contributed by atoms with Crippen LogP contribution in [0.2, 0.25) is 0 Å². The lowest BCUT2D eigenvalue weighted by molar-refractivity contribution is -0.137. The Morgan fingerprint density at radius 2 is 1.78 bits per heavy atom. The summed E-state index contributed by atoms with van der Waals surface area (Å²) in [5.41, 5.74) is 6.05. The summed E-state index contributed by atoms with van der Waals surface area (Å²) < 4.78 is 38.3. The van der Waals surface area contributed by atoms with Crippen LogP contribution in [0, 0.1) is 0 Å². The van der Waals surface area contributed by atoms with Gasteiger partial charge in [0.2, 0.25) is 0 Å². The molecule has 116 valence electrons. The van der Waals surface area contributed by atoms with Gasteiger partial charge in [-0.05, 0) is 12.1 Å². The topological polar surface area (TPSA) is 90.5 Å². The lowest BCUT2D eigenvalue weighted by atomic mass is 10.1. The number of alkyl halides is 3. The molecule has 0 bridgehead atoms. The smallest absolute Gasteiger partial charge is 0.383 e. The Morgan fingerprint density at radius 1 is 0.957 bits per heavy atom. The molecule has 3 rings (SSSR count). The molecule has 23 heavy (non-hydrogen) atoms. The number of pyridine rings is 1. The van der Waals surface area contributed by atoms with Gasteiger partial charge in [0.1, 0.15) is 5.82 Å². The molecular weight excluding hydrogens is 309 g/mol. The molecule has 9 heteroatoms. The van der Waals surface area contributed by atoms with Crippen LogP contribution in [0.1, 0.15) is 5.56 Å². The van der Waals surface area contributed by atoms with Gasteiger partial charge in [-0.1, -0.05) is 0 Å². The first kappa shape index (κ1) is 14.8. The highest BCUT2D eigenvalue weighted by Crippen LogP contribution is 2.32. The van der Waals surface area contributed by atoms with Crippen LogP contribution in [0.4, 0.5) is 19.0 Å². The van der Waals surface area contributed by atoms with Gasteiger partial charge < -0.3 is 5.73 Å². The highest BCUT2D eigenvalue weighted by atomic mass is 19.4. The maximum Gasteiger partial charge on any atom is 0.417 e. The predicted octanol–water partition coefficient (Wildman–Crippen LogP) is 2.60. The molecule has 0 aromatic carbocycles. The Bertz CT molecular complexity index is 835. The monoisotopic (exact) mass is 318 g/mol. The minimum Gasteiger partial charge on any atom is -0.383 e. The Hall–Kier alpha value is -3.10. The lowest BCUT2D eigenvalue weighted by Crippen LogP contribution is -2.06. The van der Waals surface area contributed by atoms with E-state index in [9.17, 15) is 13.2 Å². The highest BCUT2D eigenvalue weighted by molar-refractivity contribution is 5.74. The van der Waals surface area contributed by atoms with E-state index in [1.165, 1.54) is 24.8 Å². The van der Waals surface area contributed by atoms with Gasteiger partial charge in [-0.25, -0.2) is 9.97 Å². The summed E-state index contributed by atoms with van der Waals surface area (Å²) in [4.78, 5) is 11.8. The molecule has 0 unspecified atom stereocenters. The van der Waals surface area contributed by atoms with E-state index in [1.807, 2.05) is 0 Å². The fourth-order valence-electron chi connectivity index (χ4n) is 1.92. The summed E-state index contributed by atoms with van der Waals surface area (Å²) in [6, 6.07) is 2.60. The fraction of sp³-hybridized carbons (Fsp3) is 0.0714. The molecule has 3 aromatic rings. The third-order valence-electron chi connectivity index (χ3n) is 3.04. The van der Waals surface area contributed by atoms with Crippen LogP contribution in [-0.2, 0) is 6.18 Å². The van der Waals surface area contributed by atoms with Gasteiger partial charge >= 0.3 is 6.18 Å². The molecule has 2 N–H and O–H groups in total. The van der Waals surface area contributed by atoms with Crippen molar-refractivity contribution in [3.8, 4) is 22.5 Å². The van der Waals surface area contributed by atoms with Crippen LogP contribution in [0.25, 0.3) is 22.5 Å². The second kappa shape index (κ2) is 5.59. The number of halogens is 3. The summed E-state index contributed by atoms with van der Waals surface area (Å²) in [6.07, 6.45) is 1.83. The summed E-state index contributed by atoms with van der Waals surface area (Å²) in [7, 11) is 0. The number of nitrogens with two attached hydrogens (primary N) is 1. The van der Waals surface area contributed by atoms with Crippen molar-refractivity contribution in [1.29, 1.82) is 0 Å². The van der Waals surface area contributed by atoms with Crippen LogP contribution < -0.4 is 5.73 Å². The van der Waals surface area contributed by atoms with Crippen LogP contribution >= 0.6 is 0 Å². The van der Waals surface area contributed by atoms with Crippen molar-refractivity contribution in [2.75, 3.05) is 5.73 Å². The number of nitrogen functional groups attached to an aromatic ring is 1. The second-order valence-corrected chi connectivity index (χ2v) is 4.58. The molecule has 3 aromatic heterocycles. The molecule has 0 atom stereocenters. The van der Waals surface area contributed by atoms with E-state index >= 15 is 0 Å². The van der Waals surface area contributed by atoms with Gasteiger partial charge in [-0.3, -0.25) is 4.98 Å². The number of hydrogen-bond acceptors (Lipinski definition) is 6. The maximum atomic E-state index is 12.8. The van der Waals surface area contributed by atoms with Gasteiger partial charge in [-0.15, -0.1) is 0 Å². The van der Waals surface area contributed by atoms with Crippen molar-refractivity contribution < 1.29 is 13.2 Å². The minimum absolute atomic E-state index is 0.0490. The molecule has 3 heterocycles. The molecule has 0 saturated heterocycles. The molecule has 6 nitrogen and oxygen atoms in total. The van der Waals surface area contributed by atoms with Gasteiger partial charge in [0.15, 0.2) is 5.82 Å². The third kappa shape index (κ3) is 3.07. The number of rotatable bonds is 2. The van der Waals surface area contributed by atoms with Crippen LogP contribution in [0.5, 0.6) is 0 Å². The average Bonchev–Trinajstić information content (AvgIpc) is 2.55. The zero-order valence-corrected chi connectivity index (χ0v) is 11.5. The molecule has 0 amide bonds. The molecule has 0 radical (unpaired) electrons. The van der Waals surface area contributed by atoms with Crippen molar-refractivity contribution in [2.45, 2.75) is 6.18 Å². The third-order valence-corrected chi connectivity index (χ3v) is 3.04.